The normalized spacial score (nSPS) is 15.4. The lowest BCUT2D eigenvalue weighted by Gasteiger charge is -2.29. The third-order valence-corrected chi connectivity index (χ3v) is 4.95. The van der Waals surface area contributed by atoms with Gasteiger partial charge in [0.2, 0.25) is 0 Å². The second kappa shape index (κ2) is 9.88. The lowest BCUT2D eigenvalue weighted by Crippen LogP contribution is -2.55. The molecule has 0 aliphatic carbocycles. The van der Waals surface area contributed by atoms with E-state index in [1.54, 1.807) is 18.2 Å². The zero-order valence-electron chi connectivity index (χ0n) is 17.5. The summed E-state index contributed by atoms with van der Waals surface area (Å²) in [6.07, 6.45) is -1.22. The van der Waals surface area contributed by atoms with Gasteiger partial charge in [-0.25, -0.2) is 4.79 Å². The van der Waals surface area contributed by atoms with Crippen LogP contribution in [0.3, 0.4) is 0 Å². The number of benzene rings is 2. The molecule has 4 N–H and O–H groups in total. The van der Waals surface area contributed by atoms with E-state index in [1.165, 1.54) is 28.0 Å². The maximum absolute atomic E-state index is 13.1. The van der Waals surface area contributed by atoms with Crippen LogP contribution in [0.1, 0.15) is 15.9 Å². The molecule has 1 saturated heterocycles. The van der Waals surface area contributed by atoms with Gasteiger partial charge in [0.15, 0.2) is 6.17 Å². The first kappa shape index (κ1) is 22.7. The number of carbonyl (C=O) groups excluding carboxylic acids is 3. The van der Waals surface area contributed by atoms with Gasteiger partial charge in [0.05, 0.1) is 4.92 Å². The highest BCUT2D eigenvalue weighted by atomic mass is 16.6. The first-order chi connectivity index (χ1) is 15.3. The average Bonchev–Trinajstić information content (AvgIpc) is 3.22. The van der Waals surface area contributed by atoms with Gasteiger partial charge in [-0.2, -0.15) is 0 Å². The first-order valence-corrected chi connectivity index (χ1v) is 9.99. The Morgan fingerprint density at radius 3 is 2.53 bits per heavy atom. The van der Waals surface area contributed by atoms with Crippen molar-refractivity contribution in [3.05, 3.63) is 69.8 Å². The standard InChI is InChI=1S/C21H24N6O5/c1-14-4-2-6-16(12-14)24-21(30)26-11-10-25(19(26)18(28)23-9-8-22)20(29)15-5-3-7-17(13-15)27(31)32/h2-7,12-13,19H,8-11,22H2,1H3,(H,23,28)(H,24,30). The topological polar surface area (TPSA) is 151 Å². The molecule has 1 atom stereocenters. The van der Waals surface area contributed by atoms with E-state index in [0.29, 0.717) is 5.69 Å². The molecule has 1 heterocycles. The van der Waals surface area contributed by atoms with E-state index < -0.39 is 28.9 Å². The molecule has 3 rings (SSSR count). The summed E-state index contributed by atoms with van der Waals surface area (Å²) in [5.74, 6) is -1.15. The Morgan fingerprint density at radius 2 is 1.84 bits per heavy atom. The molecule has 11 nitrogen and oxygen atoms in total. The fourth-order valence-corrected chi connectivity index (χ4v) is 3.46. The van der Waals surface area contributed by atoms with Crippen molar-refractivity contribution in [2.75, 3.05) is 31.5 Å². The van der Waals surface area contributed by atoms with Gasteiger partial charge in [0.1, 0.15) is 0 Å². The number of nitro benzene ring substituents is 1. The number of nitrogens with two attached hydrogens (primary N) is 1. The number of hydrogen-bond acceptors (Lipinski definition) is 6. The molecule has 0 spiro atoms. The van der Waals surface area contributed by atoms with Gasteiger partial charge in [-0.05, 0) is 30.7 Å². The predicted molar refractivity (Wildman–Crippen MR) is 117 cm³/mol. The largest absolute Gasteiger partial charge is 0.351 e. The Balaban J connectivity index is 1.86. The molecular weight excluding hydrogens is 416 g/mol. The number of nitro groups is 1. The van der Waals surface area contributed by atoms with Crippen LogP contribution in [0, 0.1) is 17.0 Å². The van der Waals surface area contributed by atoms with E-state index in [9.17, 15) is 24.5 Å². The van der Waals surface area contributed by atoms with Crippen LogP contribution >= 0.6 is 0 Å². The van der Waals surface area contributed by atoms with Crippen LogP contribution in [-0.4, -0.2) is 64.9 Å². The molecule has 0 aromatic heterocycles. The van der Waals surface area contributed by atoms with Crippen LogP contribution in [0.2, 0.25) is 0 Å². The maximum Gasteiger partial charge on any atom is 0.323 e. The highest BCUT2D eigenvalue weighted by Gasteiger charge is 2.43. The summed E-state index contributed by atoms with van der Waals surface area (Å²) in [7, 11) is 0. The van der Waals surface area contributed by atoms with E-state index in [1.807, 2.05) is 13.0 Å². The lowest BCUT2D eigenvalue weighted by molar-refractivity contribution is -0.384. The minimum atomic E-state index is -1.22. The minimum absolute atomic E-state index is 0.0526. The maximum atomic E-state index is 13.1. The number of carbonyl (C=O) groups is 3. The van der Waals surface area contributed by atoms with Gasteiger partial charge in [0.25, 0.3) is 17.5 Å². The Labute approximate surface area is 184 Å². The minimum Gasteiger partial charge on any atom is -0.351 e. The van der Waals surface area contributed by atoms with E-state index in [4.69, 9.17) is 5.73 Å². The van der Waals surface area contributed by atoms with Crippen LogP contribution in [0.25, 0.3) is 0 Å². The highest BCUT2D eigenvalue weighted by molar-refractivity contribution is 6.01. The molecule has 168 valence electrons. The monoisotopic (exact) mass is 440 g/mol. The number of rotatable bonds is 6. The Morgan fingerprint density at radius 1 is 1.12 bits per heavy atom. The summed E-state index contributed by atoms with van der Waals surface area (Å²) in [4.78, 5) is 51.9. The third kappa shape index (κ3) is 5.01. The number of nitrogens with zero attached hydrogens (tertiary/aromatic N) is 3. The second-order valence-corrected chi connectivity index (χ2v) is 7.25. The molecule has 1 aliphatic heterocycles. The van der Waals surface area contributed by atoms with E-state index >= 15 is 0 Å². The van der Waals surface area contributed by atoms with Crippen molar-refractivity contribution >= 4 is 29.2 Å². The molecular formula is C21H24N6O5. The second-order valence-electron chi connectivity index (χ2n) is 7.25. The van der Waals surface area contributed by atoms with Gasteiger partial charge < -0.3 is 21.3 Å². The SMILES string of the molecule is Cc1cccc(NC(=O)N2CCN(C(=O)c3cccc([N+](=O)[O-])c3)C2C(=O)NCCN)c1. The van der Waals surface area contributed by atoms with Gasteiger partial charge >= 0.3 is 6.03 Å². The Hall–Kier alpha value is -3.99. The number of urea groups is 1. The zero-order valence-corrected chi connectivity index (χ0v) is 17.5. The van der Waals surface area contributed by atoms with Gasteiger partial charge in [-0.15, -0.1) is 0 Å². The number of aryl methyl sites for hydroxylation is 1. The third-order valence-electron chi connectivity index (χ3n) is 4.95. The van der Waals surface area contributed by atoms with E-state index in [2.05, 4.69) is 10.6 Å². The smallest absolute Gasteiger partial charge is 0.323 e. The molecule has 2 aromatic rings. The number of anilines is 1. The molecule has 2 aromatic carbocycles. The Bertz CT molecular complexity index is 1040. The molecule has 0 saturated carbocycles. The van der Waals surface area contributed by atoms with Crippen LogP contribution in [0.5, 0.6) is 0 Å². The molecule has 1 fully saturated rings. The quantitative estimate of drug-likeness (QED) is 0.455. The van der Waals surface area contributed by atoms with E-state index in [-0.39, 0.29) is 37.4 Å². The van der Waals surface area contributed by atoms with Crippen molar-refractivity contribution in [1.29, 1.82) is 0 Å². The molecule has 0 radical (unpaired) electrons. The summed E-state index contributed by atoms with van der Waals surface area (Å²) in [6, 6.07) is 11.9. The van der Waals surface area contributed by atoms with Crippen LogP contribution in [-0.2, 0) is 4.79 Å². The summed E-state index contributed by atoms with van der Waals surface area (Å²) >= 11 is 0. The fourth-order valence-electron chi connectivity index (χ4n) is 3.46. The summed E-state index contributed by atoms with van der Waals surface area (Å²) in [5, 5.41) is 16.4. The van der Waals surface area contributed by atoms with Crippen molar-refractivity contribution in [3.8, 4) is 0 Å². The number of amides is 4. The van der Waals surface area contributed by atoms with Crippen molar-refractivity contribution < 1.29 is 19.3 Å². The molecule has 0 bridgehead atoms. The van der Waals surface area contributed by atoms with Crippen molar-refractivity contribution in [3.63, 3.8) is 0 Å². The Kier molecular flexibility index (Phi) is 7.00. The molecule has 11 heteroatoms. The average molecular weight is 440 g/mol. The van der Waals surface area contributed by atoms with Crippen molar-refractivity contribution in [1.82, 2.24) is 15.1 Å². The highest BCUT2D eigenvalue weighted by Crippen LogP contribution is 2.22. The zero-order chi connectivity index (χ0) is 23.3. The number of non-ortho nitro benzene ring substituents is 1. The van der Waals surface area contributed by atoms with Crippen molar-refractivity contribution in [2.24, 2.45) is 5.73 Å². The molecule has 32 heavy (non-hydrogen) atoms. The predicted octanol–water partition coefficient (Wildman–Crippen LogP) is 1.29. The summed E-state index contributed by atoms with van der Waals surface area (Å²) < 4.78 is 0. The summed E-state index contributed by atoms with van der Waals surface area (Å²) in [5.41, 5.74) is 6.78. The van der Waals surface area contributed by atoms with Crippen LogP contribution in [0.15, 0.2) is 48.5 Å². The van der Waals surface area contributed by atoms with Gasteiger partial charge in [-0.1, -0.05) is 18.2 Å². The number of hydrogen-bond donors (Lipinski definition) is 3. The van der Waals surface area contributed by atoms with Crippen LogP contribution in [0.4, 0.5) is 16.2 Å². The van der Waals surface area contributed by atoms with Gasteiger partial charge in [-0.3, -0.25) is 24.6 Å². The molecule has 1 unspecified atom stereocenters. The van der Waals surface area contributed by atoms with Crippen LogP contribution < -0.4 is 16.4 Å². The lowest BCUT2D eigenvalue weighted by atomic mass is 10.1. The van der Waals surface area contributed by atoms with Crippen molar-refractivity contribution in [2.45, 2.75) is 13.1 Å². The molecule has 1 aliphatic rings. The van der Waals surface area contributed by atoms with Gasteiger partial charge in [0, 0.05) is 49.6 Å². The fraction of sp³-hybridized carbons (Fsp3) is 0.286. The first-order valence-electron chi connectivity index (χ1n) is 9.99. The molecule has 4 amide bonds. The summed E-state index contributed by atoms with van der Waals surface area (Å²) in [6.45, 7) is 2.44. The number of nitrogens with one attached hydrogen (secondary N) is 2. The van der Waals surface area contributed by atoms with E-state index in [0.717, 1.165) is 11.6 Å².